The third-order valence-electron chi connectivity index (χ3n) is 4.40. The first-order chi connectivity index (χ1) is 13.0. The molecule has 0 spiro atoms. The second-order valence-corrected chi connectivity index (χ2v) is 6.96. The quantitative estimate of drug-likeness (QED) is 0.650. The maximum Gasteiger partial charge on any atom is 0.161 e. The van der Waals surface area contributed by atoms with Crippen LogP contribution in [0, 0.1) is 0 Å². The van der Waals surface area contributed by atoms with Crippen molar-refractivity contribution in [2.45, 2.75) is 25.8 Å². The summed E-state index contributed by atoms with van der Waals surface area (Å²) >= 11 is 0. The van der Waals surface area contributed by atoms with Gasteiger partial charge in [-0.15, -0.1) is 0 Å². The highest BCUT2D eigenvalue weighted by Gasteiger charge is 2.28. The smallest absolute Gasteiger partial charge is 0.161 e. The van der Waals surface area contributed by atoms with Crippen LogP contribution in [0.15, 0.2) is 46.5 Å². The molecule has 3 rings (SSSR count). The predicted molar refractivity (Wildman–Crippen MR) is 108 cm³/mol. The highest BCUT2D eigenvalue weighted by atomic mass is 16.5. The van der Waals surface area contributed by atoms with Gasteiger partial charge in [0.05, 0.1) is 33.1 Å². The van der Waals surface area contributed by atoms with Crippen LogP contribution in [0.4, 0.5) is 0 Å². The summed E-state index contributed by atoms with van der Waals surface area (Å²) < 4.78 is 16.0. The summed E-state index contributed by atoms with van der Waals surface area (Å²) in [5, 5.41) is 4.36. The zero-order valence-corrected chi connectivity index (χ0v) is 16.4. The lowest BCUT2D eigenvalue weighted by atomic mass is 9.88. The highest BCUT2D eigenvalue weighted by molar-refractivity contribution is 6.02. The van der Waals surface area contributed by atoms with Crippen LogP contribution in [0.2, 0.25) is 0 Å². The van der Waals surface area contributed by atoms with Gasteiger partial charge >= 0.3 is 0 Å². The van der Waals surface area contributed by atoms with Crippen LogP contribution in [0.3, 0.4) is 0 Å². The lowest BCUT2D eigenvalue weighted by molar-refractivity contribution is 0.353. The first kappa shape index (κ1) is 18.8. The summed E-state index contributed by atoms with van der Waals surface area (Å²) in [6.45, 7) is 4.20. The summed E-state index contributed by atoms with van der Waals surface area (Å²) in [5.74, 6) is 2.92. The van der Waals surface area contributed by atoms with E-state index >= 15 is 0 Å². The second-order valence-electron chi connectivity index (χ2n) is 6.96. The van der Waals surface area contributed by atoms with Crippen molar-refractivity contribution in [2.75, 3.05) is 21.3 Å². The van der Waals surface area contributed by atoms with E-state index in [0.717, 1.165) is 34.6 Å². The van der Waals surface area contributed by atoms with Gasteiger partial charge in [0, 0.05) is 5.56 Å². The fourth-order valence-electron chi connectivity index (χ4n) is 3.10. The van der Waals surface area contributed by atoms with Crippen molar-refractivity contribution < 1.29 is 14.2 Å². The molecule has 1 N–H and O–H groups in total. The molecule has 142 valence electrons. The van der Waals surface area contributed by atoms with Gasteiger partial charge < -0.3 is 14.2 Å². The molecule has 0 bridgehead atoms. The average molecular weight is 367 g/mol. The van der Waals surface area contributed by atoms with Crippen molar-refractivity contribution in [1.82, 2.24) is 5.43 Å². The molecule has 0 unspecified atom stereocenters. The Morgan fingerprint density at radius 2 is 1.67 bits per heavy atom. The van der Waals surface area contributed by atoms with Crippen molar-refractivity contribution in [2.24, 2.45) is 10.1 Å². The molecule has 0 saturated heterocycles. The minimum atomic E-state index is -0.232. The first-order valence-corrected chi connectivity index (χ1v) is 8.74. The fraction of sp³-hybridized carbons (Fsp3) is 0.333. The van der Waals surface area contributed by atoms with Gasteiger partial charge in [-0.3, -0.25) is 10.4 Å². The molecule has 0 amide bonds. The summed E-state index contributed by atoms with van der Waals surface area (Å²) in [5.41, 5.74) is 5.94. The van der Waals surface area contributed by atoms with Gasteiger partial charge in [0.15, 0.2) is 11.5 Å². The molecule has 0 aliphatic carbocycles. The standard InChI is InChI=1S/C21H25N3O3/c1-21(2)12-15-10-18(26-4)19(27-5)11-17(15)20(23-21)24-22-13-14-6-8-16(25-3)9-7-14/h6-11,13H,12H2,1-5H3,(H,23,24)/b22-13-. The van der Waals surface area contributed by atoms with Crippen molar-refractivity contribution >= 4 is 12.1 Å². The molecule has 1 aliphatic heterocycles. The van der Waals surface area contributed by atoms with E-state index < -0.39 is 0 Å². The Morgan fingerprint density at radius 3 is 2.30 bits per heavy atom. The number of benzene rings is 2. The predicted octanol–water partition coefficient (Wildman–Crippen LogP) is 3.42. The third-order valence-corrected chi connectivity index (χ3v) is 4.40. The molecule has 0 aromatic heterocycles. The molecule has 1 heterocycles. The lowest BCUT2D eigenvalue weighted by Crippen LogP contribution is -2.34. The van der Waals surface area contributed by atoms with E-state index in [2.05, 4.69) is 24.4 Å². The van der Waals surface area contributed by atoms with Crippen LogP contribution in [-0.2, 0) is 6.42 Å². The number of amidine groups is 1. The topological polar surface area (TPSA) is 64.4 Å². The van der Waals surface area contributed by atoms with Gasteiger partial charge in [-0.2, -0.15) is 5.10 Å². The molecular weight excluding hydrogens is 342 g/mol. The monoisotopic (exact) mass is 367 g/mol. The summed E-state index contributed by atoms with van der Waals surface area (Å²) in [7, 11) is 4.92. The number of rotatable bonds is 5. The Kier molecular flexibility index (Phi) is 5.35. The molecule has 0 radical (unpaired) electrons. The van der Waals surface area contributed by atoms with Crippen molar-refractivity contribution in [3.05, 3.63) is 53.1 Å². The van der Waals surface area contributed by atoms with Crippen LogP contribution < -0.4 is 19.6 Å². The summed E-state index contributed by atoms with van der Waals surface area (Å²) in [6.07, 6.45) is 2.57. The molecule has 27 heavy (non-hydrogen) atoms. The number of hydrogen-bond donors (Lipinski definition) is 1. The largest absolute Gasteiger partial charge is 0.497 e. The molecule has 6 nitrogen and oxygen atoms in total. The fourth-order valence-corrected chi connectivity index (χ4v) is 3.10. The van der Waals surface area contributed by atoms with Crippen molar-refractivity contribution in [1.29, 1.82) is 0 Å². The molecule has 0 fully saturated rings. The number of ether oxygens (including phenoxy) is 3. The third kappa shape index (κ3) is 4.22. The van der Waals surface area contributed by atoms with Gasteiger partial charge in [0.25, 0.3) is 0 Å². The molecule has 1 aliphatic rings. The zero-order valence-electron chi connectivity index (χ0n) is 16.4. The lowest BCUT2D eigenvalue weighted by Gasteiger charge is -2.29. The van der Waals surface area contributed by atoms with E-state index in [1.807, 2.05) is 36.4 Å². The Balaban J connectivity index is 1.87. The van der Waals surface area contributed by atoms with Gasteiger partial charge in [-0.25, -0.2) is 0 Å². The number of aliphatic imine (C=N–C) groups is 1. The summed E-state index contributed by atoms with van der Waals surface area (Å²) in [4.78, 5) is 4.82. The SMILES string of the molecule is COc1ccc(/C=N\NC2=NC(C)(C)Cc3cc(OC)c(OC)cc32)cc1. The molecule has 0 atom stereocenters. The second kappa shape index (κ2) is 7.70. The Bertz CT molecular complexity index is 871. The number of hydrogen-bond acceptors (Lipinski definition) is 6. The van der Waals surface area contributed by atoms with Crippen molar-refractivity contribution in [3.8, 4) is 17.2 Å². The van der Waals surface area contributed by atoms with Crippen LogP contribution in [0.5, 0.6) is 17.2 Å². The molecule has 6 heteroatoms. The van der Waals surface area contributed by atoms with Crippen LogP contribution in [0.25, 0.3) is 0 Å². The van der Waals surface area contributed by atoms with E-state index in [9.17, 15) is 0 Å². The Hall–Kier alpha value is -3.02. The number of nitrogens with one attached hydrogen (secondary N) is 1. The first-order valence-electron chi connectivity index (χ1n) is 8.74. The van der Waals surface area contributed by atoms with Gasteiger partial charge in [0.2, 0.25) is 0 Å². The minimum absolute atomic E-state index is 0.232. The maximum absolute atomic E-state index is 5.44. The maximum atomic E-state index is 5.44. The van der Waals surface area contributed by atoms with Crippen LogP contribution in [0.1, 0.15) is 30.5 Å². The average Bonchev–Trinajstić information content (AvgIpc) is 2.66. The van der Waals surface area contributed by atoms with Gasteiger partial charge in [-0.1, -0.05) is 0 Å². The number of methoxy groups -OCH3 is 3. The number of fused-ring (bicyclic) bond motifs is 1. The van der Waals surface area contributed by atoms with E-state index in [-0.39, 0.29) is 5.54 Å². The Labute approximate surface area is 159 Å². The molecule has 2 aromatic carbocycles. The zero-order chi connectivity index (χ0) is 19.4. The van der Waals surface area contributed by atoms with Crippen LogP contribution >= 0.6 is 0 Å². The molecule has 0 saturated carbocycles. The summed E-state index contributed by atoms with van der Waals surface area (Å²) in [6, 6.07) is 11.6. The van der Waals surface area contributed by atoms with E-state index in [4.69, 9.17) is 19.2 Å². The van der Waals surface area contributed by atoms with E-state index in [1.165, 1.54) is 0 Å². The van der Waals surface area contributed by atoms with Crippen LogP contribution in [-0.4, -0.2) is 38.9 Å². The number of nitrogens with zero attached hydrogens (tertiary/aromatic N) is 2. The molecular formula is C21H25N3O3. The minimum Gasteiger partial charge on any atom is -0.497 e. The van der Waals surface area contributed by atoms with E-state index in [0.29, 0.717) is 11.6 Å². The number of hydrazone groups is 1. The van der Waals surface area contributed by atoms with Gasteiger partial charge in [-0.05, 0) is 67.8 Å². The van der Waals surface area contributed by atoms with Crippen molar-refractivity contribution in [3.63, 3.8) is 0 Å². The highest BCUT2D eigenvalue weighted by Crippen LogP contribution is 2.35. The van der Waals surface area contributed by atoms with Gasteiger partial charge in [0.1, 0.15) is 11.6 Å². The molecule has 2 aromatic rings. The Morgan fingerprint density at radius 1 is 1.00 bits per heavy atom. The van der Waals surface area contributed by atoms with E-state index in [1.54, 1.807) is 27.5 Å². The normalized spacial score (nSPS) is 15.1.